The first-order valence-corrected chi connectivity index (χ1v) is 13.4. The highest BCUT2D eigenvalue weighted by Gasteiger charge is 2.59. The molecule has 3 heteroatoms. The van der Waals surface area contributed by atoms with Crippen molar-refractivity contribution in [3.63, 3.8) is 0 Å². The van der Waals surface area contributed by atoms with Gasteiger partial charge in [-0.2, -0.15) is 0 Å². The van der Waals surface area contributed by atoms with Crippen molar-refractivity contribution in [1.82, 2.24) is 4.90 Å². The lowest BCUT2D eigenvalue weighted by molar-refractivity contribution is -0.138. The van der Waals surface area contributed by atoms with E-state index in [0.29, 0.717) is 22.7 Å². The summed E-state index contributed by atoms with van der Waals surface area (Å²) in [5, 5.41) is 10.2. The van der Waals surface area contributed by atoms with E-state index >= 15 is 0 Å². The second kappa shape index (κ2) is 7.89. The van der Waals surface area contributed by atoms with Crippen molar-refractivity contribution >= 4 is 5.91 Å². The average Bonchev–Trinajstić information content (AvgIpc) is 3.09. The lowest BCUT2D eigenvalue weighted by Crippen LogP contribution is -2.51. The summed E-state index contributed by atoms with van der Waals surface area (Å²) in [4.78, 5) is 14.7. The maximum Gasteiger partial charge on any atom is 0.225 e. The third kappa shape index (κ3) is 3.44. The number of amides is 1. The van der Waals surface area contributed by atoms with Crippen LogP contribution in [0.1, 0.15) is 91.4 Å². The van der Waals surface area contributed by atoms with Crippen LogP contribution in [0.25, 0.3) is 0 Å². The fourth-order valence-electron chi connectivity index (χ4n) is 9.57. The van der Waals surface area contributed by atoms with Gasteiger partial charge in [0.2, 0.25) is 5.91 Å². The summed E-state index contributed by atoms with van der Waals surface area (Å²) in [5.41, 5.74) is 2.38. The molecule has 0 bridgehead atoms. The lowest BCUT2D eigenvalue weighted by Gasteiger charge is -2.58. The predicted octanol–water partition coefficient (Wildman–Crippen LogP) is 5.82. The van der Waals surface area contributed by atoms with E-state index in [2.05, 4.69) is 26.8 Å². The van der Waals surface area contributed by atoms with Gasteiger partial charge in [-0.25, -0.2) is 0 Å². The minimum Gasteiger partial charge on any atom is -0.393 e. The standard InChI is InChI=1S/C28H45NO2/c1-18(16-19-6-5-15-29(4)26(19)31)23-9-10-24-22-8-7-20-17-21(30)11-13-27(20,2)25(22)12-14-28(23,24)3/h7,18-19,21-25,30H,5-6,8-17H2,1-4H3/t18-,19-,21+,22+,23-,24+,25+,27+,28-/m1/s1. The largest absolute Gasteiger partial charge is 0.393 e. The second-order valence-electron chi connectivity index (χ2n) is 12.7. The second-order valence-corrected chi connectivity index (χ2v) is 12.7. The number of piperidine rings is 1. The number of rotatable bonds is 3. The van der Waals surface area contributed by atoms with E-state index in [4.69, 9.17) is 0 Å². The summed E-state index contributed by atoms with van der Waals surface area (Å²) in [5.74, 6) is 4.61. The van der Waals surface area contributed by atoms with Crippen LogP contribution in [0.4, 0.5) is 0 Å². The van der Waals surface area contributed by atoms with Gasteiger partial charge in [-0.15, -0.1) is 0 Å². The molecule has 1 amide bonds. The summed E-state index contributed by atoms with van der Waals surface area (Å²) in [6, 6.07) is 0. The number of nitrogens with zero attached hydrogens (tertiary/aromatic N) is 1. The van der Waals surface area contributed by atoms with Gasteiger partial charge < -0.3 is 10.0 Å². The fraction of sp³-hybridized carbons (Fsp3) is 0.893. The molecule has 174 valence electrons. The quantitative estimate of drug-likeness (QED) is 0.576. The van der Waals surface area contributed by atoms with Gasteiger partial charge in [-0.1, -0.05) is 32.4 Å². The van der Waals surface area contributed by atoms with Gasteiger partial charge in [-0.05, 0) is 111 Å². The van der Waals surface area contributed by atoms with Gasteiger partial charge >= 0.3 is 0 Å². The first-order valence-electron chi connectivity index (χ1n) is 13.4. The van der Waals surface area contributed by atoms with Crippen molar-refractivity contribution in [1.29, 1.82) is 0 Å². The molecule has 3 nitrogen and oxygen atoms in total. The van der Waals surface area contributed by atoms with E-state index in [0.717, 1.165) is 55.9 Å². The Labute approximate surface area is 190 Å². The highest BCUT2D eigenvalue weighted by molar-refractivity contribution is 5.79. The molecule has 0 unspecified atom stereocenters. The van der Waals surface area contributed by atoms with Crippen molar-refractivity contribution in [2.24, 2.45) is 46.3 Å². The highest BCUT2D eigenvalue weighted by Crippen LogP contribution is 2.67. The smallest absolute Gasteiger partial charge is 0.225 e. The SMILES string of the molecule is C[C@H](C[C@H]1CCCN(C)C1=O)[C@H]1CC[C@H]2[C@@H]3CC=C4C[C@@H](O)CC[C@]4(C)[C@H]3CC[C@]12C. The maximum absolute atomic E-state index is 12.7. The summed E-state index contributed by atoms with van der Waals surface area (Å²) in [6.45, 7) is 8.57. The number of aliphatic hydroxyl groups is 1. The molecule has 0 aromatic heterocycles. The number of carbonyl (C=O) groups excluding carboxylic acids is 1. The topological polar surface area (TPSA) is 40.5 Å². The number of fused-ring (bicyclic) bond motifs is 5. The van der Waals surface area contributed by atoms with Crippen LogP contribution in [0.2, 0.25) is 0 Å². The number of hydrogen-bond donors (Lipinski definition) is 1. The molecule has 1 N–H and O–H groups in total. The van der Waals surface area contributed by atoms with Gasteiger partial charge in [0, 0.05) is 19.5 Å². The van der Waals surface area contributed by atoms with E-state index in [-0.39, 0.29) is 12.0 Å². The number of allylic oxidation sites excluding steroid dienone is 1. The number of carbonyl (C=O) groups is 1. The molecule has 31 heavy (non-hydrogen) atoms. The predicted molar refractivity (Wildman–Crippen MR) is 125 cm³/mol. The maximum atomic E-state index is 12.7. The van der Waals surface area contributed by atoms with Crippen LogP contribution >= 0.6 is 0 Å². The van der Waals surface area contributed by atoms with Crippen LogP contribution in [0, 0.1) is 46.3 Å². The average molecular weight is 428 g/mol. The van der Waals surface area contributed by atoms with Crippen LogP contribution in [0.15, 0.2) is 11.6 Å². The minimum atomic E-state index is -0.108. The molecule has 4 aliphatic carbocycles. The van der Waals surface area contributed by atoms with E-state index in [9.17, 15) is 9.90 Å². The summed E-state index contributed by atoms with van der Waals surface area (Å²) in [6.07, 6.45) is 15.7. The van der Waals surface area contributed by atoms with Crippen LogP contribution in [-0.4, -0.2) is 35.6 Å². The zero-order valence-corrected chi connectivity index (χ0v) is 20.4. The fourth-order valence-corrected chi connectivity index (χ4v) is 9.57. The van der Waals surface area contributed by atoms with Crippen LogP contribution in [-0.2, 0) is 4.79 Å². The molecule has 3 saturated carbocycles. The molecule has 1 aliphatic heterocycles. The normalized spacial score (nSPS) is 48.5. The summed E-state index contributed by atoms with van der Waals surface area (Å²) in [7, 11) is 1.99. The summed E-state index contributed by atoms with van der Waals surface area (Å²) < 4.78 is 0. The third-order valence-electron chi connectivity index (χ3n) is 11.3. The monoisotopic (exact) mass is 427 g/mol. The lowest BCUT2D eigenvalue weighted by atomic mass is 9.47. The van der Waals surface area contributed by atoms with Gasteiger partial charge in [0.25, 0.3) is 0 Å². The first kappa shape index (κ1) is 22.0. The molecule has 0 radical (unpaired) electrons. The van der Waals surface area contributed by atoms with Crippen molar-refractivity contribution in [2.45, 2.75) is 97.5 Å². The van der Waals surface area contributed by atoms with E-state index < -0.39 is 0 Å². The van der Waals surface area contributed by atoms with Gasteiger partial charge in [0.1, 0.15) is 0 Å². The molecular formula is C28H45NO2. The molecule has 4 fully saturated rings. The molecule has 0 aromatic carbocycles. The molecule has 1 saturated heterocycles. The molecular weight excluding hydrogens is 382 g/mol. The Balaban J connectivity index is 1.32. The molecule has 0 aromatic rings. The van der Waals surface area contributed by atoms with E-state index in [1.54, 1.807) is 5.57 Å². The van der Waals surface area contributed by atoms with E-state index in [1.165, 1.54) is 44.9 Å². The Morgan fingerprint density at radius 2 is 1.94 bits per heavy atom. The first-order chi connectivity index (χ1) is 14.7. The molecule has 9 atom stereocenters. The van der Waals surface area contributed by atoms with Crippen LogP contribution in [0.5, 0.6) is 0 Å². The Kier molecular flexibility index (Phi) is 5.59. The van der Waals surface area contributed by atoms with Crippen molar-refractivity contribution < 1.29 is 9.90 Å². The molecule has 5 rings (SSSR count). The van der Waals surface area contributed by atoms with Gasteiger partial charge in [0.05, 0.1) is 6.10 Å². The van der Waals surface area contributed by atoms with Crippen molar-refractivity contribution in [2.75, 3.05) is 13.6 Å². The number of aliphatic hydroxyl groups excluding tert-OH is 1. The minimum absolute atomic E-state index is 0.108. The number of hydrogen-bond acceptors (Lipinski definition) is 2. The Hall–Kier alpha value is -0.830. The van der Waals surface area contributed by atoms with Crippen LogP contribution in [0.3, 0.4) is 0 Å². The zero-order chi connectivity index (χ0) is 22.0. The van der Waals surface area contributed by atoms with E-state index in [1.807, 2.05) is 11.9 Å². The van der Waals surface area contributed by atoms with Crippen LogP contribution < -0.4 is 0 Å². The Morgan fingerprint density at radius 1 is 1.13 bits per heavy atom. The number of likely N-dealkylation sites (tertiary alicyclic amines) is 1. The van der Waals surface area contributed by atoms with Crippen molar-refractivity contribution in [3.8, 4) is 0 Å². The summed E-state index contributed by atoms with van der Waals surface area (Å²) >= 11 is 0. The Bertz CT molecular complexity index is 745. The Morgan fingerprint density at radius 3 is 2.74 bits per heavy atom. The molecule has 5 aliphatic rings. The third-order valence-corrected chi connectivity index (χ3v) is 11.3. The van der Waals surface area contributed by atoms with Gasteiger partial charge in [-0.3, -0.25) is 4.79 Å². The molecule has 0 spiro atoms. The molecule has 1 heterocycles. The highest BCUT2D eigenvalue weighted by atomic mass is 16.3. The van der Waals surface area contributed by atoms with Gasteiger partial charge in [0.15, 0.2) is 0 Å². The zero-order valence-electron chi connectivity index (χ0n) is 20.4. The van der Waals surface area contributed by atoms with Crippen molar-refractivity contribution in [3.05, 3.63) is 11.6 Å².